The lowest BCUT2D eigenvalue weighted by Gasteiger charge is -2.26. The summed E-state index contributed by atoms with van der Waals surface area (Å²) in [5.74, 6) is -0.134. The molecule has 0 aromatic carbocycles. The molecule has 0 rings (SSSR count). The fraction of sp³-hybridized carbons (Fsp3) is 0.932. The Morgan fingerprint density at radius 1 is 0.410 bits per heavy atom. The van der Waals surface area contributed by atoms with Crippen LogP contribution in [0.3, 0.4) is 0 Å². The summed E-state index contributed by atoms with van der Waals surface area (Å²) in [4.78, 5) is 23.5. The minimum atomic E-state index is -4.33. The fourth-order valence-corrected chi connectivity index (χ4v) is 12.4. The summed E-state index contributed by atoms with van der Waals surface area (Å²) in [5.41, 5.74) is 0. The van der Waals surface area contributed by atoms with Gasteiger partial charge in [0, 0.05) is 6.42 Å². The van der Waals surface area contributed by atoms with E-state index in [0.717, 1.165) is 44.9 Å². The number of phosphoric acid groups is 1. The number of nitrogens with one attached hydrogen (secondary N) is 1. The van der Waals surface area contributed by atoms with Crippen molar-refractivity contribution >= 4 is 13.7 Å². The zero-order valence-electron chi connectivity index (χ0n) is 56.7. The Hall–Kier alpha value is -1.02. The largest absolute Gasteiger partial charge is 0.472 e. The second-order valence-corrected chi connectivity index (χ2v) is 28.5. The van der Waals surface area contributed by atoms with Crippen LogP contribution in [-0.4, -0.2) is 73.4 Å². The lowest BCUT2D eigenvalue weighted by atomic mass is 10.0. The van der Waals surface area contributed by atoms with Crippen LogP contribution in [0.2, 0.25) is 0 Å². The van der Waals surface area contributed by atoms with Crippen molar-refractivity contribution in [1.29, 1.82) is 0 Å². The van der Waals surface area contributed by atoms with Gasteiger partial charge in [-0.05, 0) is 44.9 Å². The minimum Gasteiger partial charge on any atom is -0.391 e. The quantitative estimate of drug-likeness (QED) is 0.0243. The van der Waals surface area contributed by atoms with Gasteiger partial charge in [-0.25, -0.2) is 4.57 Å². The molecule has 0 aromatic rings. The van der Waals surface area contributed by atoms with E-state index >= 15 is 0 Å². The number of rotatable bonds is 70. The summed E-state index contributed by atoms with van der Waals surface area (Å²) in [6.07, 6.45) is 85.9. The third-order valence-electron chi connectivity index (χ3n) is 17.5. The van der Waals surface area contributed by atoms with Crippen molar-refractivity contribution in [3.05, 3.63) is 24.3 Å². The van der Waals surface area contributed by atoms with Gasteiger partial charge < -0.3 is 19.8 Å². The number of unbranched alkanes of at least 4 members (excludes halogenated alkanes) is 53. The second-order valence-electron chi connectivity index (χ2n) is 27.0. The van der Waals surface area contributed by atoms with Crippen molar-refractivity contribution in [2.45, 2.75) is 405 Å². The van der Waals surface area contributed by atoms with Crippen molar-refractivity contribution in [3.63, 3.8) is 0 Å². The van der Waals surface area contributed by atoms with Gasteiger partial charge >= 0.3 is 7.82 Å². The van der Waals surface area contributed by atoms with Crippen LogP contribution in [-0.2, 0) is 18.4 Å². The van der Waals surface area contributed by atoms with Crippen molar-refractivity contribution in [2.75, 3.05) is 40.9 Å². The molecule has 3 atom stereocenters. The van der Waals surface area contributed by atoms with Crippen LogP contribution in [0, 0.1) is 0 Å². The number of likely N-dealkylation sites (N-methyl/N-ethyl adjacent to an activating group) is 1. The second kappa shape index (κ2) is 65.4. The summed E-state index contributed by atoms with van der Waals surface area (Å²) in [6, 6.07) is -0.759. The zero-order valence-corrected chi connectivity index (χ0v) is 57.6. The lowest BCUT2D eigenvalue weighted by Crippen LogP contribution is -2.46. The predicted molar refractivity (Wildman–Crippen MR) is 365 cm³/mol. The highest BCUT2D eigenvalue weighted by atomic mass is 31.2. The molecular weight excluding hydrogens is 1040 g/mol. The first-order chi connectivity index (χ1) is 40.5. The van der Waals surface area contributed by atoms with E-state index in [1.54, 1.807) is 0 Å². The molecule has 0 radical (unpaired) electrons. The molecule has 494 valence electrons. The molecule has 0 heterocycles. The van der Waals surface area contributed by atoms with E-state index in [1.807, 2.05) is 21.1 Å². The molecule has 0 aliphatic carbocycles. The summed E-state index contributed by atoms with van der Waals surface area (Å²) < 4.78 is 23.9. The lowest BCUT2D eigenvalue weighted by molar-refractivity contribution is -0.870. The first-order valence-corrected chi connectivity index (χ1v) is 38.7. The van der Waals surface area contributed by atoms with Gasteiger partial charge in [0.2, 0.25) is 5.91 Å². The number of carbonyl (C=O) groups is 1. The van der Waals surface area contributed by atoms with Gasteiger partial charge in [0.25, 0.3) is 0 Å². The van der Waals surface area contributed by atoms with Crippen LogP contribution in [0.5, 0.6) is 0 Å². The third-order valence-corrected chi connectivity index (χ3v) is 18.4. The van der Waals surface area contributed by atoms with E-state index in [-0.39, 0.29) is 19.1 Å². The molecule has 0 spiro atoms. The molecule has 3 N–H and O–H groups in total. The van der Waals surface area contributed by atoms with Crippen molar-refractivity contribution in [1.82, 2.24) is 5.32 Å². The summed E-state index contributed by atoms with van der Waals surface area (Å²) in [6.45, 7) is 4.95. The van der Waals surface area contributed by atoms with Crippen LogP contribution < -0.4 is 5.32 Å². The van der Waals surface area contributed by atoms with Crippen molar-refractivity contribution in [3.8, 4) is 0 Å². The highest BCUT2D eigenvalue weighted by molar-refractivity contribution is 7.47. The monoisotopic (exact) mass is 1190 g/mol. The van der Waals surface area contributed by atoms with Crippen molar-refractivity contribution in [2.24, 2.45) is 0 Å². The first kappa shape index (κ1) is 82.0. The number of hydrogen-bond acceptors (Lipinski definition) is 5. The predicted octanol–water partition coefficient (Wildman–Crippen LogP) is 23.8. The van der Waals surface area contributed by atoms with Crippen LogP contribution >= 0.6 is 7.82 Å². The number of aliphatic hydroxyl groups is 1. The molecule has 0 aliphatic rings. The zero-order chi connectivity index (χ0) is 60.5. The molecular formula is C74H148N2O6P+. The maximum Gasteiger partial charge on any atom is 0.472 e. The van der Waals surface area contributed by atoms with E-state index in [9.17, 15) is 19.4 Å². The molecule has 9 heteroatoms. The van der Waals surface area contributed by atoms with E-state index < -0.39 is 20.0 Å². The highest BCUT2D eigenvalue weighted by Crippen LogP contribution is 2.43. The van der Waals surface area contributed by atoms with Gasteiger partial charge in [0.05, 0.1) is 39.9 Å². The molecule has 8 nitrogen and oxygen atoms in total. The molecule has 0 saturated heterocycles. The van der Waals surface area contributed by atoms with Gasteiger partial charge in [0.15, 0.2) is 0 Å². The number of phosphoric ester groups is 1. The van der Waals surface area contributed by atoms with E-state index in [1.165, 1.54) is 321 Å². The van der Waals surface area contributed by atoms with Gasteiger partial charge in [-0.1, -0.05) is 366 Å². The number of amides is 1. The van der Waals surface area contributed by atoms with Gasteiger partial charge in [-0.3, -0.25) is 13.8 Å². The molecule has 83 heavy (non-hydrogen) atoms. The molecule has 0 aliphatic heterocycles. The topological polar surface area (TPSA) is 105 Å². The van der Waals surface area contributed by atoms with Gasteiger partial charge in [-0.15, -0.1) is 0 Å². The highest BCUT2D eigenvalue weighted by Gasteiger charge is 2.28. The maximum absolute atomic E-state index is 13.1. The van der Waals surface area contributed by atoms with Crippen LogP contribution in [0.25, 0.3) is 0 Å². The Kier molecular flexibility index (Phi) is 64.6. The number of nitrogens with zero attached hydrogens (tertiary/aromatic N) is 1. The Balaban J connectivity index is 3.94. The van der Waals surface area contributed by atoms with Crippen LogP contribution in [0.1, 0.15) is 393 Å². The molecule has 0 aromatic heterocycles. The molecule has 0 fully saturated rings. The average Bonchev–Trinajstić information content (AvgIpc) is 3.49. The Labute approximate surface area is 519 Å². The van der Waals surface area contributed by atoms with Crippen molar-refractivity contribution < 1.29 is 32.9 Å². The van der Waals surface area contributed by atoms with E-state index in [2.05, 4.69) is 43.5 Å². The summed E-state index contributed by atoms with van der Waals surface area (Å²) in [5, 5.41) is 14.2. The number of allylic oxidation sites excluding steroid dienone is 4. The van der Waals surface area contributed by atoms with E-state index in [0.29, 0.717) is 23.9 Å². The Morgan fingerprint density at radius 2 is 0.687 bits per heavy atom. The SMILES string of the molecule is CCCCCCC/C=C\C/C=C\CCCCCCCCCCCCCCCCCCCCCCCCCC(=O)NC(COP(=O)(O)OCC[N+](C)(C)C)C(O)CCCCCCCCCCCCCCCCCCCCCCCCCCCC. The Bertz CT molecular complexity index is 1400. The fourth-order valence-electron chi connectivity index (χ4n) is 11.7. The molecule has 0 bridgehead atoms. The molecule has 1 amide bonds. The number of quaternary nitrogens is 1. The first-order valence-electron chi connectivity index (χ1n) is 37.2. The molecule has 3 unspecified atom stereocenters. The average molecular weight is 1190 g/mol. The molecule has 0 saturated carbocycles. The number of aliphatic hydroxyl groups excluding tert-OH is 1. The number of carbonyl (C=O) groups excluding carboxylic acids is 1. The normalized spacial score (nSPS) is 13.7. The Morgan fingerprint density at radius 3 is 0.988 bits per heavy atom. The van der Waals surface area contributed by atoms with Gasteiger partial charge in [-0.2, -0.15) is 0 Å². The summed E-state index contributed by atoms with van der Waals surface area (Å²) >= 11 is 0. The number of hydrogen-bond donors (Lipinski definition) is 3. The maximum atomic E-state index is 13.1. The minimum absolute atomic E-state index is 0.0780. The standard InChI is InChI=1S/C74H147N2O6P/c1-6-8-10-12-14-16-18-20-22-24-26-28-30-32-34-35-36-37-38-39-40-41-42-44-46-48-50-52-54-56-58-60-62-64-66-68-74(78)75-72(71-82-83(79,80)81-70-69-76(3,4)5)73(77)67-65-63-61-59-57-55-53-51-49-47-45-43-33-31-29-27-25-23-21-19-17-15-13-11-9-7-2/h18,20,24,26,72-73,77H,6-17,19,21-23,25,27-71H2,1-5H3,(H-,75,78,79,80)/p+1/b20-18-,26-24-. The third kappa shape index (κ3) is 68.3. The summed E-state index contributed by atoms with van der Waals surface area (Å²) in [7, 11) is 1.64. The van der Waals surface area contributed by atoms with Crippen LogP contribution in [0.4, 0.5) is 0 Å². The van der Waals surface area contributed by atoms with Gasteiger partial charge in [0.1, 0.15) is 13.2 Å². The van der Waals surface area contributed by atoms with E-state index in [4.69, 9.17) is 9.05 Å². The smallest absolute Gasteiger partial charge is 0.391 e. The van der Waals surface area contributed by atoms with Crippen LogP contribution in [0.15, 0.2) is 24.3 Å².